The molecule has 2 rings (SSSR count). The van der Waals surface area contributed by atoms with E-state index in [0.29, 0.717) is 11.3 Å². The van der Waals surface area contributed by atoms with Crippen molar-refractivity contribution in [2.45, 2.75) is 26.9 Å². The molecule has 2 aromatic carbocycles. The minimum absolute atomic E-state index is 0.117. The Kier molecular flexibility index (Phi) is 4.87. The van der Waals surface area contributed by atoms with Crippen LogP contribution in [-0.2, 0) is 4.74 Å². The molecule has 0 fully saturated rings. The maximum Gasteiger partial charge on any atom is 0.131 e. The second kappa shape index (κ2) is 6.49. The average Bonchev–Trinajstić information content (AvgIpc) is 2.48. The zero-order valence-electron chi connectivity index (χ0n) is 13.7. The first-order chi connectivity index (χ1) is 10.4. The quantitative estimate of drug-likeness (QED) is 0.788. The molecule has 1 atom stereocenters. The summed E-state index contributed by atoms with van der Waals surface area (Å²) in [7, 11) is 3.25. The summed E-state index contributed by atoms with van der Waals surface area (Å²) in [6.07, 6.45) is -0.162. The summed E-state index contributed by atoms with van der Waals surface area (Å²) in [4.78, 5) is 0. The highest BCUT2D eigenvalue weighted by Crippen LogP contribution is 2.41. The summed E-state index contributed by atoms with van der Waals surface area (Å²) in [5, 5.41) is 0. The van der Waals surface area contributed by atoms with Crippen LogP contribution in [0.25, 0.3) is 11.1 Å². The van der Waals surface area contributed by atoms with Crippen molar-refractivity contribution in [3.8, 4) is 16.9 Å². The van der Waals surface area contributed by atoms with Gasteiger partial charge in [-0.3, -0.25) is 0 Å². The van der Waals surface area contributed by atoms with Crippen molar-refractivity contribution in [2.24, 2.45) is 5.41 Å². The van der Waals surface area contributed by atoms with Crippen LogP contribution in [-0.4, -0.2) is 14.2 Å². The zero-order chi connectivity index (χ0) is 16.3. The Morgan fingerprint density at radius 3 is 2.41 bits per heavy atom. The molecule has 1 radical (unpaired) electrons. The lowest BCUT2D eigenvalue weighted by atomic mass is 9.81. The van der Waals surface area contributed by atoms with Crippen LogP contribution in [0, 0.1) is 17.3 Å². The van der Waals surface area contributed by atoms with Crippen LogP contribution >= 0.6 is 0 Å². The molecule has 0 spiro atoms. The first kappa shape index (κ1) is 16.5. The molecule has 2 nitrogen and oxygen atoms in total. The van der Waals surface area contributed by atoms with Gasteiger partial charge in [0.2, 0.25) is 0 Å². The molecule has 0 aromatic heterocycles. The molecule has 3 heteroatoms. The summed E-state index contributed by atoms with van der Waals surface area (Å²) in [5.41, 5.74) is 2.12. The molecule has 0 amide bonds. The summed E-state index contributed by atoms with van der Waals surface area (Å²) in [5.74, 6) is 0.344. The van der Waals surface area contributed by atoms with Gasteiger partial charge in [0.25, 0.3) is 0 Å². The van der Waals surface area contributed by atoms with Gasteiger partial charge >= 0.3 is 0 Å². The van der Waals surface area contributed by atoms with E-state index in [9.17, 15) is 4.39 Å². The number of methoxy groups -OCH3 is 2. The fourth-order valence-corrected chi connectivity index (χ4v) is 2.69. The van der Waals surface area contributed by atoms with Crippen LogP contribution in [0.5, 0.6) is 5.75 Å². The van der Waals surface area contributed by atoms with E-state index in [0.717, 1.165) is 11.1 Å². The smallest absolute Gasteiger partial charge is 0.131 e. The molecule has 0 aliphatic heterocycles. The third-order valence-electron chi connectivity index (χ3n) is 3.66. The predicted octanol–water partition coefficient (Wildman–Crippen LogP) is 5.04. The van der Waals surface area contributed by atoms with Gasteiger partial charge in [-0.25, -0.2) is 4.39 Å². The van der Waals surface area contributed by atoms with Crippen LogP contribution in [0.1, 0.15) is 32.4 Å². The normalized spacial score (nSPS) is 13.0. The molecular formula is C19H22FO2. The van der Waals surface area contributed by atoms with Gasteiger partial charge in [0.15, 0.2) is 0 Å². The van der Waals surface area contributed by atoms with Gasteiger partial charge in [0.1, 0.15) is 11.6 Å². The van der Waals surface area contributed by atoms with E-state index >= 15 is 0 Å². The van der Waals surface area contributed by atoms with Crippen molar-refractivity contribution in [3.63, 3.8) is 0 Å². The van der Waals surface area contributed by atoms with Gasteiger partial charge in [-0.1, -0.05) is 32.9 Å². The van der Waals surface area contributed by atoms with Gasteiger partial charge in [0.05, 0.1) is 13.2 Å². The molecule has 0 aliphatic carbocycles. The molecule has 0 saturated carbocycles. The third-order valence-corrected chi connectivity index (χ3v) is 3.66. The van der Waals surface area contributed by atoms with E-state index in [-0.39, 0.29) is 17.3 Å². The van der Waals surface area contributed by atoms with E-state index in [2.05, 4.69) is 26.8 Å². The van der Waals surface area contributed by atoms with Crippen LogP contribution in [0.15, 0.2) is 36.4 Å². The number of ether oxygens (including phenoxy) is 2. The largest absolute Gasteiger partial charge is 0.497 e. The molecule has 117 valence electrons. The van der Waals surface area contributed by atoms with Crippen LogP contribution in [0.3, 0.4) is 0 Å². The van der Waals surface area contributed by atoms with Crippen molar-refractivity contribution in [1.29, 1.82) is 0 Å². The lowest BCUT2D eigenvalue weighted by Crippen LogP contribution is -2.20. The molecule has 22 heavy (non-hydrogen) atoms. The number of rotatable bonds is 4. The fourth-order valence-electron chi connectivity index (χ4n) is 2.69. The van der Waals surface area contributed by atoms with E-state index in [4.69, 9.17) is 9.47 Å². The molecule has 0 heterocycles. The van der Waals surface area contributed by atoms with Crippen LogP contribution < -0.4 is 4.74 Å². The van der Waals surface area contributed by atoms with Gasteiger partial charge in [-0.2, -0.15) is 0 Å². The third kappa shape index (κ3) is 3.30. The Morgan fingerprint density at radius 2 is 1.82 bits per heavy atom. The number of halogens is 1. The van der Waals surface area contributed by atoms with Gasteiger partial charge in [-0.05, 0) is 46.9 Å². The lowest BCUT2D eigenvalue weighted by molar-refractivity contribution is 0.0156. The summed E-state index contributed by atoms with van der Waals surface area (Å²) in [6.45, 7) is 6.29. The lowest BCUT2D eigenvalue weighted by Gasteiger charge is -2.31. The van der Waals surface area contributed by atoms with E-state index < -0.39 is 0 Å². The highest BCUT2D eigenvalue weighted by Gasteiger charge is 2.28. The van der Waals surface area contributed by atoms with E-state index in [1.165, 1.54) is 6.07 Å². The summed E-state index contributed by atoms with van der Waals surface area (Å²) >= 11 is 0. The maximum atomic E-state index is 14.3. The predicted molar refractivity (Wildman–Crippen MR) is 86.4 cm³/mol. The van der Waals surface area contributed by atoms with E-state index in [1.54, 1.807) is 32.4 Å². The van der Waals surface area contributed by atoms with Crippen molar-refractivity contribution < 1.29 is 13.9 Å². The van der Waals surface area contributed by atoms with Crippen molar-refractivity contribution in [3.05, 3.63) is 53.8 Å². The summed E-state index contributed by atoms with van der Waals surface area (Å²) in [6, 6.07) is 13.3. The topological polar surface area (TPSA) is 18.5 Å². The Hall–Kier alpha value is -1.87. The molecule has 0 N–H and O–H groups in total. The number of hydrogen-bond donors (Lipinski definition) is 0. The molecule has 1 unspecified atom stereocenters. The van der Waals surface area contributed by atoms with E-state index in [1.807, 2.05) is 12.1 Å². The second-order valence-electron chi connectivity index (χ2n) is 6.34. The standard InChI is InChI=1S/C19H22FO2/c1-19(2,3)18(22-5)15-9-7-6-8-14(15)16-12-13(21-4)10-11-17(16)20/h6,8-12,18H,1-5H3. The van der Waals surface area contributed by atoms with Crippen molar-refractivity contribution in [1.82, 2.24) is 0 Å². The van der Waals surface area contributed by atoms with Gasteiger partial charge in [0, 0.05) is 12.7 Å². The first-order valence-corrected chi connectivity index (χ1v) is 7.25. The monoisotopic (exact) mass is 301 g/mol. The highest BCUT2D eigenvalue weighted by atomic mass is 19.1. The Balaban J connectivity index is 2.63. The zero-order valence-corrected chi connectivity index (χ0v) is 13.7. The van der Waals surface area contributed by atoms with Gasteiger partial charge < -0.3 is 9.47 Å². The van der Waals surface area contributed by atoms with Crippen LogP contribution in [0.2, 0.25) is 0 Å². The maximum absolute atomic E-state index is 14.3. The second-order valence-corrected chi connectivity index (χ2v) is 6.34. The average molecular weight is 301 g/mol. The van der Waals surface area contributed by atoms with Crippen LogP contribution in [0.4, 0.5) is 4.39 Å². The van der Waals surface area contributed by atoms with Crippen molar-refractivity contribution >= 4 is 0 Å². The minimum Gasteiger partial charge on any atom is -0.497 e. The minimum atomic E-state index is -0.281. The first-order valence-electron chi connectivity index (χ1n) is 7.25. The highest BCUT2D eigenvalue weighted by molar-refractivity contribution is 5.70. The Morgan fingerprint density at radius 1 is 1.09 bits per heavy atom. The molecule has 2 aromatic rings. The molecule has 0 saturated heterocycles. The Labute approximate surface area is 131 Å². The molecule has 0 aliphatic rings. The summed E-state index contributed by atoms with van der Waals surface area (Å²) < 4.78 is 25.2. The number of benzene rings is 2. The van der Waals surface area contributed by atoms with Crippen molar-refractivity contribution in [2.75, 3.05) is 14.2 Å². The SMILES string of the molecule is COc1ccc(F)c(-c2cc[c]cc2C(OC)C(C)(C)C)c1. The Bertz CT molecular complexity index is 644. The number of hydrogen-bond acceptors (Lipinski definition) is 2. The molecular weight excluding hydrogens is 279 g/mol. The molecule has 0 bridgehead atoms. The van der Waals surface area contributed by atoms with Gasteiger partial charge in [-0.15, -0.1) is 0 Å². The fraction of sp³-hybridized carbons (Fsp3) is 0.368.